The van der Waals surface area contributed by atoms with Gasteiger partial charge in [-0.15, -0.1) is 0 Å². The normalized spacial score (nSPS) is 23.4. The summed E-state index contributed by atoms with van der Waals surface area (Å²) in [7, 11) is 0. The van der Waals surface area contributed by atoms with Gasteiger partial charge in [0.25, 0.3) is 0 Å². The molecule has 1 unspecified atom stereocenters. The first-order valence-electron chi connectivity index (χ1n) is 3.81. The molecule has 3 heteroatoms. The zero-order chi connectivity index (χ0) is 8.10. The SMILES string of the molecule is NC1=CC=CCC1NCCO. The van der Waals surface area contributed by atoms with Crippen molar-refractivity contribution < 1.29 is 5.11 Å². The van der Waals surface area contributed by atoms with Crippen molar-refractivity contribution >= 4 is 0 Å². The predicted molar refractivity (Wildman–Crippen MR) is 44.9 cm³/mol. The number of hydrogen-bond acceptors (Lipinski definition) is 3. The summed E-state index contributed by atoms with van der Waals surface area (Å²) in [5.41, 5.74) is 6.53. The van der Waals surface area contributed by atoms with Gasteiger partial charge in [0.05, 0.1) is 12.6 Å². The molecular formula is C8H14N2O. The molecule has 11 heavy (non-hydrogen) atoms. The maximum Gasteiger partial charge on any atom is 0.0556 e. The van der Waals surface area contributed by atoms with Gasteiger partial charge in [0.2, 0.25) is 0 Å². The van der Waals surface area contributed by atoms with Crippen LogP contribution in [0.1, 0.15) is 6.42 Å². The van der Waals surface area contributed by atoms with Crippen molar-refractivity contribution in [3.8, 4) is 0 Å². The number of nitrogens with one attached hydrogen (secondary N) is 1. The summed E-state index contributed by atoms with van der Waals surface area (Å²) in [5, 5.41) is 11.7. The number of aliphatic hydroxyl groups excluding tert-OH is 1. The lowest BCUT2D eigenvalue weighted by Gasteiger charge is -2.18. The second-order valence-electron chi connectivity index (χ2n) is 2.56. The average molecular weight is 154 g/mol. The Labute approximate surface area is 66.6 Å². The lowest BCUT2D eigenvalue weighted by molar-refractivity contribution is 0.287. The Bertz CT molecular complexity index is 175. The molecule has 0 fully saturated rings. The summed E-state index contributed by atoms with van der Waals surface area (Å²) >= 11 is 0. The highest BCUT2D eigenvalue weighted by Gasteiger charge is 2.09. The molecule has 3 nitrogen and oxygen atoms in total. The monoisotopic (exact) mass is 154 g/mol. The standard InChI is InChI=1S/C8H14N2O/c9-7-3-1-2-4-8(7)10-5-6-11/h1-3,8,10-11H,4-6,9H2. The molecule has 0 aromatic heterocycles. The van der Waals surface area contributed by atoms with Crippen LogP contribution in [-0.4, -0.2) is 24.3 Å². The van der Waals surface area contributed by atoms with E-state index in [1.165, 1.54) is 0 Å². The molecule has 1 rings (SSSR count). The van der Waals surface area contributed by atoms with Crippen LogP contribution in [0.15, 0.2) is 23.9 Å². The van der Waals surface area contributed by atoms with Crippen LogP contribution >= 0.6 is 0 Å². The van der Waals surface area contributed by atoms with Crippen LogP contribution in [0, 0.1) is 0 Å². The van der Waals surface area contributed by atoms with E-state index in [1.54, 1.807) is 0 Å². The quantitative estimate of drug-likeness (QED) is 0.525. The van der Waals surface area contributed by atoms with Crippen molar-refractivity contribution in [3.05, 3.63) is 23.9 Å². The van der Waals surface area contributed by atoms with Crippen molar-refractivity contribution in [2.45, 2.75) is 12.5 Å². The summed E-state index contributed by atoms with van der Waals surface area (Å²) in [4.78, 5) is 0. The number of rotatable bonds is 3. The summed E-state index contributed by atoms with van der Waals surface area (Å²) in [6, 6.07) is 0.215. The van der Waals surface area contributed by atoms with Crippen molar-refractivity contribution in [2.75, 3.05) is 13.2 Å². The molecule has 0 saturated carbocycles. The van der Waals surface area contributed by atoms with E-state index in [1.807, 2.05) is 12.2 Å². The topological polar surface area (TPSA) is 58.3 Å². The average Bonchev–Trinajstić information content (AvgIpc) is 2.03. The van der Waals surface area contributed by atoms with E-state index >= 15 is 0 Å². The van der Waals surface area contributed by atoms with Gasteiger partial charge in [-0.3, -0.25) is 0 Å². The highest BCUT2D eigenvalue weighted by molar-refractivity contribution is 5.21. The van der Waals surface area contributed by atoms with Crippen molar-refractivity contribution in [1.29, 1.82) is 0 Å². The van der Waals surface area contributed by atoms with Gasteiger partial charge >= 0.3 is 0 Å². The molecule has 1 aliphatic carbocycles. The Balaban J connectivity index is 2.35. The van der Waals surface area contributed by atoms with Gasteiger partial charge in [-0.25, -0.2) is 0 Å². The Morgan fingerprint density at radius 2 is 2.55 bits per heavy atom. The van der Waals surface area contributed by atoms with Gasteiger partial charge in [-0.05, 0) is 12.5 Å². The van der Waals surface area contributed by atoms with E-state index in [0.717, 1.165) is 12.1 Å². The lowest BCUT2D eigenvalue weighted by atomic mass is 10.1. The fourth-order valence-corrected chi connectivity index (χ4v) is 1.09. The summed E-state index contributed by atoms with van der Waals surface area (Å²) in [5.74, 6) is 0. The zero-order valence-corrected chi connectivity index (χ0v) is 6.46. The molecule has 62 valence electrons. The van der Waals surface area contributed by atoms with Crippen LogP contribution < -0.4 is 11.1 Å². The Morgan fingerprint density at radius 3 is 3.18 bits per heavy atom. The Kier molecular flexibility index (Phi) is 3.14. The second kappa shape index (κ2) is 4.16. The first-order valence-corrected chi connectivity index (χ1v) is 3.81. The molecule has 0 saturated heterocycles. The Morgan fingerprint density at radius 1 is 1.73 bits per heavy atom. The first-order chi connectivity index (χ1) is 5.34. The Hall–Kier alpha value is -0.800. The second-order valence-corrected chi connectivity index (χ2v) is 2.56. The van der Waals surface area contributed by atoms with Gasteiger partial charge in [0.15, 0.2) is 0 Å². The maximum absolute atomic E-state index is 8.54. The van der Waals surface area contributed by atoms with E-state index in [2.05, 4.69) is 11.4 Å². The highest BCUT2D eigenvalue weighted by atomic mass is 16.3. The fraction of sp³-hybridized carbons (Fsp3) is 0.500. The minimum atomic E-state index is 0.160. The number of allylic oxidation sites excluding steroid dienone is 2. The van der Waals surface area contributed by atoms with Crippen molar-refractivity contribution in [3.63, 3.8) is 0 Å². The van der Waals surface area contributed by atoms with Gasteiger partial charge < -0.3 is 16.2 Å². The molecule has 0 aromatic rings. The van der Waals surface area contributed by atoms with Crippen molar-refractivity contribution in [2.24, 2.45) is 5.73 Å². The lowest BCUT2D eigenvalue weighted by Crippen LogP contribution is -2.36. The third-order valence-electron chi connectivity index (χ3n) is 1.70. The van der Waals surface area contributed by atoms with E-state index < -0.39 is 0 Å². The third-order valence-corrected chi connectivity index (χ3v) is 1.70. The predicted octanol–water partition coefficient (Wildman–Crippen LogP) is -0.261. The van der Waals surface area contributed by atoms with E-state index in [9.17, 15) is 0 Å². The van der Waals surface area contributed by atoms with Crippen LogP contribution in [0.25, 0.3) is 0 Å². The molecule has 4 N–H and O–H groups in total. The first kappa shape index (κ1) is 8.30. The van der Waals surface area contributed by atoms with Crippen LogP contribution in [0.5, 0.6) is 0 Å². The van der Waals surface area contributed by atoms with Crippen LogP contribution in [0.4, 0.5) is 0 Å². The minimum Gasteiger partial charge on any atom is -0.401 e. The van der Waals surface area contributed by atoms with E-state index in [4.69, 9.17) is 10.8 Å². The zero-order valence-electron chi connectivity index (χ0n) is 6.46. The van der Waals surface area contributed by atoms with Crippen LogP contribution in [-0.2, 0) is 0 Å². The molecule has 0 aliphatic heterocycles. The number of aliphatic hydroxyl groups is 1. The largest absolute Gasteiger partial charge is 0.401 e. The molecule has 0 spiro atoms. The van der Waals surface area contributed by atoms with Crippen LogP contribution in [0.3, 0.4) is 0 Å². The third kappa shape index (κ3) is 2.37. The number of nitrogens with two attached hydrogens (primary N) is 1. The van der Waals surface area contributed by atoms with Gasteiger partial charge in [0, 0.05) is 12.2 Å². The van der Waals surface area contributed by atoms with Crippen LogP contribution in [0.2, 0.25) is 0 Å². The molecular weight excluding hydrogens is 140 g/mol. The highest BCUT2D eigenvalue weighted by Crippen LogP contribution is 2.06. The number of hydrogen-bond donors (Lipinski definition) is 3. The maximum atomic E-state index is 8.54. The van der Waals surface area contributed by atoms with Gasteiger partial charge in [-0.2, -0.15) is 0 Å². The summed E-state index contributed by atoms with van der Waals surface area (Å²) < 4.78 is 0. The smallest absolute Gasteiger partial charge is 0.0556 e. The summed E-state index contributed by atoms with van der Waals surface area (Å²) in [6.45, 7) is 0.764. The molecule has 0 aromatic carbocycles. The minimum absolute atomic E-state index is 0.160. The van der Waals surface area contributed by atoms with Crippen molar-refractivity contribution in [1.82, 2.24) is 5.32 Å². The fourth-order valence-electron chi connectivity index (χ4n) is 1.09. The summed E-state index contributed by atoms with van der Waals surface area (Å²) in [6.07, 6.45) is 6.82. The van der Waals surface area contributed by atoms with E-state index in [-0.39, 0.29) is 12.6 Å². The molecule has 1 atom stereocenters. The van der Waals surface area contributed by atoms with E-state index in [0.29, 0.717) is 6.54 Å². The molecule has 1 aliphatic rings. The molecule has 0 amide bonds. The van der Waals surface area contributed by atoms with Gasteiger partial charge in [0.1, 0.15) is 0 Å². The molecule has 0 radical (unpaired) electrons. The molecule has 0 bridgehead atoms. The van der Waals surface area contributed by atoms with Gasteiger partial charge in [-0.1, -0.05) is 12.2 Å². The molecule has 0 heterocycles.